The minimum absolute atomic E-state index is 0.0124. The van der Waals surface area contributed by atoms with Gasteiger partial charge >= 0.3 is 0 Å². The van der Waals surface area contributed by atoms with E-state index >= 15 is 0 Å². The Morgan fingerprint density at radius 3 is 2.85 bits per heavy atom. The van der Waals surface area contributed by atoms with E-state index in [9.17, 15) is 4.79 Å². The topological polar surface area (TPSA) is 77.0 Å². The molecule has 1 aromatic carbocycles. The van der Waals surface area contributed by atoms with Gasteiger partial charge in [0, 0.05) is 31.9 Å². The van der Waals surface area contributed by atoms with E-state index in [-0.39, 0.29) is 11.9 Å². The highest BCUT2D eigenvalue weighted by Crippen LogP contribution is 2.20. The van der Waals surface area contributed by atoms with Gasteiger partial charge in [-0.1, -0.05) is 30.3 Å². The number of nitrogens with zero attached hydrogens (tertiary/aromatic N) is 4. The summed E-state index contributed by atoms with van der Waals surface area (Å²) in [5.41, 5.74) is 9.31. The van der Waals surface area contributed by atoms with Crippen LogP contribution in [-0.2, 0) is 13.0 Å². The van der Waals surface area contributed by atoms with Crippen molar-refractivity contribution in [3.63, 3.8) is 0 Å². The van der Waals surface area contributed by atoms with Crippen LogP contribution in [0.1, 0.15) is 35.2 Å². The molecule has 1 amide bonds. The number of aryl methyl sites for hydroxylation is 2. The molecule has 6 heteroatoms. The van der Waals surface area contributed by atoms with Crippen molar-refractivity contribution in [3.8, 4) is 0 Å². The maximum atomic E-state index is 12.9. The van der Waals surface area contributed by atoms with Crippen LogP contribution in [0.4, 0.5) is 0 Å². The Hall–Kier alpha value is -2.73. The van der Waals surface area contributed by atoms with Crippen molar-refractivity contribution in [1.29, 1.82) is 0 Å². The molecule has 2 N–H and O–H groups in total. The fourth-order valence-electron chi connectivity index (χ4n) is 3.80. The smallest absolute Gasteiger partial charge is 0.255 e. The summed E-state index contributed by atoms with van der Waals surface area (Å²) in [6.45, 7) is 2.09. The van der Waals surface area contributed by atoms with Gasteiger partial charge in [0.2, 0.25) is 0 Å². The predicted octanol–water partition coefficient (Wildman–Crippen LogP) is 2.63. The molecule has 0 aliphatic carbocycles. The van der Waals surface area contributed by atoms with Crippen LogP contribution in [0.15, 0.2) is 48.9 Å². The number of likely N-dealkylation sites (tertiary alicyclic amines) is 1. The van der Waals surface area contributed by atoms with Crippen LogP contribution in [0.3, 0.4) is 0 Å². The molecule has 3 heterocycles. The van der Waals surface area contributed by atoms with E-state index in [1.54, 1.807) is 12.5 Å². The first-order valence-corrected chi connectivity index (χ1v) is 9.62. The Morgan fingerprint density at radius 2 is 2.04 bits per heavy atom. The maximum absolute atomic E-state index is 12.9. The molecule has 1 aliphatic heterocycles. The molecule has 0 saturated carbocycles. The van der Waals surface area contributed by atoms with Gasteiger partial charge in [-0.05, 0) is 37.3 Å². The number of benzene rings is 1. The van der Waals surface area contributed by atoms with E-state index in [0.717, 1.165) is 49.9 Å². The Morgan fingerprint density at radius 1 is 1.19 bits per heavy atom. The van der Waals surface area contributed by atoms with Gasteiger partial charge in [0.15, 0.2) is 5.65 Å². The van der Waals surface area contributed by atoms with Gasteiger partial charge in [-0.25, -0.2) is 9.97 Å². The monoisotopic (exact) mass is 363 g/mol. The Balaban J connectivity index is 1.52. The first-order valence-electron chi connectivity index (χ1n) is 9.62. The highest BCUT2D eigenvalue weighted by Gasteiger charge is 2.27. The number of piperidine rings is 1. The fourth-order valence-corrected chi connectivity index (χ4v) is 3.80. The number of rotatable bonds is 5. The summed E-state index contributed by atoms with van der Waals surface area (Å²) in [5, 5.41) is 0. The SMILES string of the molecule is NCC1CCCCN1C(=O)c1cnc2c(c1)ncn2CCc1ccccc1. The first-order chi connectivity index (χ1) is 13.3. The van der Waals surface area contributed by atoms with E-state index in [1.807, 2.05) is 33.7 Å². The molecule has 0 bridgehead atoms. The molecule has 1 aliphatic rings. The van der Waals surface area contributed by atoms with Crippen molar-refractivity contribution < 1.29 is 4.79 Å². The van der Waals surface area contributed by atoms with Crippen molar-refractivity contribution >= 4 is 17.1 Å². The van der Waals surface area contributed by atoms with Crippen molar-refractivity contribution in [2.45, 2.75) is 38.3 Å². The largest absolute Gasteiger partial charge is 0.334 e. The van der Waals surface area contributed by atoms with Gasteiger partial charge in [0.25, 0.3) is 5.91 Å². The second-order valence-corrected chi connectivity index (χ2v) is 7.12. The van der Waals surface area contributed by atoms with Crippen LogP contribution in [-0.4, -0.2) is 44.5 Å². The lowest BCUT2D eigenvalue weighted by Crippen LogP contribution is -2.47. The van der Waals surface area contributed by atoms with Crippen molar-refractivity contribution in [2.24, 2.45) is 5.73 Å². The third-order valence-electron chi connectivity index (χ3n) is 5.35. The Labute approximate surface area is 159 Å². The lowest BCUT2D eigenvalue weighted by molar-refractivity contribution is 0.0623. The molecule has 4 rings (SSSR count). The average Bonchev–Trinajstić information content (AvgIpc) is 3.14. The molecule has 0 radical (unpaired) electrons. The van der Waals surface area contributed by atoms with Gasteiger partial charge < -0.3 is 15.2 Å². The molecule has 140 valence electrons. The van der Waals surface area contributed by atoms with E-state index in [1.165, 1.54) is 5.56 Å². The zero-order valence-corrected chi connectivity index (χ0v) is 15.4. The molecule has 3 aromatic rings. The summed E-state index contributed by atoms with van der Waals surface area (Å²) in [6, 6.07) is 12.3. The zero-order chi connectivity index (χ0) is 18.6. The number of fused-ring (bicyclic) bond motifs is 1. The van der Waals surface area contributed by atoms with Crippen LogP contribution in [0.2, 0.25) is 0 Å². The summed E-state index contributed by atoms with van der Waals surface area (Å²) in [4.78, 5) is 23.8. The molecule has 1 saturated heterocycles. The standard InChI is InChI=1S/C21H25N5O/c22-13-18-8-4-5-10-26(18)21(27)17-12-19-20(23-14-17)25(15-24-19)11-9-16-6-2-1-3-7-16/h1-3,6-7,12,14-15,18H,4-5,8-11,13,22H2. The van der Waals surface area contributed by atoms with E-state index in [2.05, 4.69) is 22.1 Å². The summed E-state index contributed by atoms with van der Waals surface area (Å²) in [7, 11) is 0. The number of carbonyl (C=O) groups excluding carboxylic acids is 1. The minimum Gasteiger partial charge on any atom is -0.334 e. The van der Waals surface area contributed by atoms with Crippen LogP contribution in [0.5, 0.6) is 0 Å². The third kappa shape index (κ3) is 3.71. The van der Waals surface area contributed by atoms with Crippen LogP contribution < -0.4 is 5.73 Å². The highest BCUT2D eigenvalue weighted by molar-refractivity contribution is 5.96. The molecule has 2 aromatic heterocycles. The van der Waals surface area contributed by atoms with Gasteiger partial charge in [0.1, 0.15) is 5.52 Å². The van der Waals surface area contributed by atoms with Crippen molar-refractivity contribution in [3.05, 3.63) is 60.0 Å². The third-order valence-corrected chi connectivity index (χ3v) is 5.35. The lowest BCUT2D eigenvalue weighted by atomic mass is 10.0. The Bertz CT molecular complexity index is 921. The fraction of sp³-hybridized carbons (Fsp3) is 0.381. The molecule has 0 spiro atoms. The Kier molecular flexibility index (Phi) is 5.16. The van der Waals surface area contributed by atoms with E-state index in [4.69, 9.17) is 5.73 Å². The van der Waals surface area contributed by atoms with Gasteiger partial charge in [-0.15, -0.1) is 0 Å². The van der Waals surface area contributed by atoms with Gasteiger partial charge in [-0.2, -0.15) is 0 Å². The number of hydrogen-bond acceptors (Lipinski definition) is 4. The number of amides is 1. The molecule has 1 atom stereocenters. The summed E-state index contributed by atoms with van der Waals surface area (Å²) < 4.78 is 2.04. The zero-order valence-electron chi connectivity index (χ0n) is 15.4. The summed E-state index contributed by atoms with van der Waals surface area (Å²) in [6.07, 6.45) is 7.54. The number of imidazole rings is 1. The van der Waals surface area contributed by atoms with Gasteiger partial charge in [0.05, 0.1) is 11.9 Å². The molecule has 27 heavy (non-hydrogen) atoms. The highest BCUT2D eigenvalue weighted by atomic mass is 16.2. The number of hydrogen-bond donors (Lipinski definition) is 1. The average molecular weight is 363 g/mol. The molecule has 6 nitrogen and oxygen atoms in total. The first kappa shape index (κ1) is 17.7. The summed E-state index contributed by atoms with van der Waals surface area (Å²) >= 11 is 0. The van der Waals surface area contributed by atoms with Crippen molar-refractivity contribution in [1.82, 2.24) is 19.4 Å². The predicted molar refractivity (Wildman–Crippen MR) is 105 cm³/mol. The second-order valence-electron chi connectivity index (χ2n) is 7.12. The maximum Gasteiger partial charge on any atom is 0.255 e. The van der Waals surface area contributed by atoms with Crippen molar-refractivity contribution in [2.75, 3.05) is 13.1 Å². The van der Waals surface area contributed by atoms with Crippen LogP contribution in [0.25, 0.3) is 11.2 Å². The molecular weight excluding hydrogens is 338 g/mol. The van der Waals surface area contributed by atoms with E-state index < -0.39 is 0 Å². The van der Waals surface area contributed by atoms with Crippen LogP contribution in [0, 0.1) is 0 Å². The molecular formula is C21H25N5O. The number of nitrogens with two attached hydrogens (primary N) is 1. The second kappa shape index (κ2) is 7.88. The van der Waals surface area contributed by atoms with Crippen LogP contribution >= 0.6 is 0 Å². The number of aromatic nitrogens is 3. The lowest BCUT2D eigenvalue weighted by Gasteiger charge is -2.35. The quantitative estimate of drug-likeness (QED) is 0.756. The van der Waals surface area contributed by atoms with Gasteiger partial charge in [-0.3, -0.25) is 4.79 Å². The number of carbonyl (C=O) groups is 1. The molecule has 1 fully saturated rings. The number of pyridine rings is 1. The minimum atomic E-state index is 0.0124. The summed E-state index contributed by atoms with van der Waals surface area (Å²) in [5.74, 6) is 0.0124. The molecule has 1 unspecified atom stereocenters. The normalized spacial score (nSPS) is 17.4. The van der Waals surface area contributed by atoms with E-state index in [0.29, 0.717) is 12.1 Å².